The molecule has 140 valence electrons. The van der Waals surface area contributed by atoms with Crippen molar-refractivity contribution in [3.63, 3.8) is 0 Å². The predicted molar refractivity (Wildman–Crippen MR) is 99.4 cm³/mol. The molecular weight excluding hydrogens is 350 g/mol. The topological polar surface area (TPSA) is 83.1 Å². The molecule has 0 saturated carbocycles. The Morgan fingerprint density at radius 2 is 1.81 bits per heavy atom. The maximum absolute atomic E-state index is 12.3. The summed E-state index contributed by atoms with van der Waals surface area (Å²) in [6.07, 6.45) is 3.02. The van der Waals surface area contributed by atoms with Crippen LogP contribution in [0.25, 0.3) is 6.08 Å². The van der Waals surface area contributed by atoms with Crippen molar-refractivity contribution in [1.29, 1.82) is 0 Å². The zero-order chi connectivity index (χ0) is 19.2. The van der Waals surface area contributed by atoms with Crippen LogP contribution in [-0.4, -0.2) is 39.3 Å². The molecule has 27 heavy (non-hydrogen) atoms. The molecular formula is C20H19NO6. The van der Waals surface area contributed by atoms with Crippen LogP contribution in [0.5, 0.6) is 17.2 Å². The molecule has 1 amide bonds. The zero-order valence-corrected chi connectivity index (χ0v) is 15.0. The normalized spacial score (nSPS) is 12.5. The fourth-order valence-corrected chi connectivity index (χ4v) is 2.55. The summed E-state index contributed by atoms with van der Waals surface area (Å²) in [6.45, 7) is 1.02. The quantitative estimate of drug-likeness (QED) is 0.645. The van der Waals surface area contributed by atoms with Crippen molar-refractivity contribution in [3.05, 3.63) is 53.6 Å². The summed E-state index contributed by atoms with van der Waals surface area (Å²) in [5.74, 6) is 0.858. The van der Waals surface area contributed by atoms with Crippen LogP contribution in [0.1, 0.15) is 15.9 Å². The fraction of sp³-hybridized carbons (Fsp3) is 0.200. The van der Waals surface area contributed by atoms with Gasteiger partial charge >= 0.3 is 5.97 Å². The maximum Gasteiger partial charge on any atom is 0.340 e. The number of benzene rings is 2. The van der Waals surface area contributed by atoms with Crippen LogP contribution < -0.4 is 19.5 Å². The van der Waals surface area contributed by atoms with Crippen LogP contribution in [0, 0.1) is 0 Å². The molecule has 0 fully saturated rings. The molecule has 0 spiro atoms. The number of carbonyl (C=O) groups excluding carboxylic acids is 2. The van der Waals surface area contributed by atoms with Crippen LogP contribution in [0.3, 0.4) is 0 Å². The third-order valence-corrected chi connectivity index (χ3v) is 3.88. The first kappa shape index (κ1) is 18.3. The number of fused-ring (bicyclic) bond motifs is 1. The van der Waals surface area contributed by atoms with E-state index in [4.69, 9.17) is 18.9 Å². The Hall–Kier alpha value is -3.48. The number of hydrogen-bond acceptors (Lipinski definition) is 6. The second-order valence-corrected chi connectivity index (χ2v) is 5.63. The Kier molecular flexibility index (Phi) is 5.61. The Morgan fingerprint density at radius 3 is 2.56 bits per heavy atom. The summed E-state index contributed by atoms with van der Waals surface area (Å²) in [7, 11) is 2.76. The predicted octanol–water partition coefficient (Wildman–Crippen LogP) is 2.90. The molecule has 3 rings (SSSR count). The molecule has 0 unspecified atom stereocenters. The first-order valence-corrected chi connectivity index (χ1v) is 8.26. The van der Waals surface area contributed by atoms with E-state index in [1.54, 1.807) is 30.3 Å². The molecule has 2 aromatic rings. The lowest BCUT2D eigenvalue weighted by atomic mass is 10.1. The van der Waals surface area contributed by atoms with Gasteiger partial charge in [0.15, 0.2) is 11.5 Å². The number of esters is 1. The van der Waals surface area contributed by atoms with Crippen molar-refractivity contribution < 1.29 is 28.5 Å². The molecule has 0 radical (unpaired) electrons. The van der Waals surface area contributed by atoms with Gasteiger partial charge in [0.1, 0.15) is 19.0 Å². The number of methoxy groups -OCH3 is 2. The Morgan fingerprint density at radius 1 is 1.04 bits per heavy atom. The van der Waals surface area contributed by atoms with E-state index in [1.165, 1.54) is 26.4 Å². The van der Waals surface area contributed by atoms with Crippen LogP contribution in [0.4, 0.5) is 5.69 Å². The zero-order valence-electron chi connectivity index (χ0n) is 15.0. The molecule has 1 N–H and O–H groups in total. The fourth-order valence-electron chi connectivity index (χ4n) is 2.55. The molecule has 0 saturated heterocycles. The largest absolute Gasteiger partial charge is 0.497 e. The monoisotopic (exact) mass is 369 g/mol. The van der Waals surface area contributed by atoms with E-state index in [1.807, 2.05) is 6.07 Å². The van der Waals surface area contributed by atoms with Crippen molar-refractivity contribution in [2.75, 3.05) is 32.8 Å². The third kappa shape index (κ3) is 4.38. The van der Waals surface area contributed by atoms with Gasteiger partial charge in [-0.1, -0.05) is 6.07 Å². The number of amides is 1. The number of anilines is 1. The van der Waals surface area contributed by atoms with Crippen molar-refractivity contribution in [3.8, 4) is 17.2 Å². The summed E-state index contributed by atoms with van der Waals surface area (Å²) in [5, 5.41) is 2.67. The Labute approximate surface area is 156 Å². The van der Waals surface area contributed by atoms with Crippen LogP contribution in [0.15, 0.2) is 42.5 Å². The lowest BCUT2D eigenvalue weighted by Crippen LogP contribution is -2.15. The molecule has 0 atom stereocenters. The minimum atomic E-state index is -0.569. The molecule has 1 aliphatic rings. The number of carbonyl (C=O) groups is 2. The van der Waals surface area contributed by atoms with Gasteiger partial charge in [-0.05, 0) is 42.0 Å². The van der Waals surface area contributed by atoms with E-state index in [0.29, 0.717) is 36.1 Å². The first-order chi connectivity index (χ1) is 13.1. The van der Waals surface area contributed by atoms with E-state index in [2.05, 4.69) is 5.32 Å². The van der Waals surface area contributed by atoms with Crippen LogP contribution >= 0.6 is 0 Å². The van der Waals surface area contributed by atoms with Crippen molar-refractivity contribution >= 4 is 23.6 Å². The minimum absolute atomic E-state index is 0.206. The highest BCUT2D eigenvalue weighted by Gasteiger charge is 2.15. The maximum atomic E-state index is 12.3. The number of hydrogen-bond donors (Lipinski definition) is 1. The Balaban J connectivity index is 1.74. The third-order valence-electron chi connectivity index (χ3n) is 3.88. The lowest BCUT2D eigenvalue weighted by Gasteiger charge is -2.18. The summed E-state index contributed by atoms with van der Waals surface area (Å²) < 4.78 is 20.8. The summed E-state index contributed by atoms with van der Waals surface area (Å²) in [5.41, 5.74) is 1.33. The molecule has 7 nitrogen and oxygen atoms in total. The van der Waals surface area contributed by atoms with Gasteiger partial charge in [0.05, 0.1) is 25.5 Å². The molecule has 0 bridgehead atoms. The van der Waals surface area contributed by atoms with Gasteiger partial charge in [-0.15, -0.1) is 0 Å². The minimum Gasteiger partial charge on any atom is -0.497 e. The second-order valence-electron chi connectivity index (χ2n) is 5.63. The van der Waals surface area contributed by atoms with Crippen molar-refractivity contribution in [2.24, 2.45) is 0 Å². The smallest absolute Gasteiger partial charge is 0.340 e. The standard InChI is InChI=1S/C20H19NO6/c1-24-14-5-6-16(15(12-14)20(23)25-2)21-19(22)8-4-13-3-7-17-18(11-13)27-10-9-26-17/h3-8,11-12H,9-10H2,1-2H3,(H,21,22)/b8-4+. The molecule has 1 aliphatic heterocycles. The van der Waals surface area contributed by atoms with Gasteiger partial charge < -0.3 is 24.3 Å². The SMILES string of the molecule is COC(=O)c1cc(OC)ccc1NC(=O)/C=C/c1ccc2c(c1)OCCO2. The Bertz CT molecular complexity index is 890. The highest BCUT2D eigenvalue weighted by molar-refractivity contribution is 6.06. The molecule has 0 aliphatic carbocycles. The average Bonchev–Trinajstić information content (AvgIpc) is 2.71. The number of rotatable bonds is 5. The van der Waals surface area contributed by atoms with E-state index >= 15 is 0 Å². The second kappa shape index (κ2) is 8.27. The number of ether oxygens (including phenoxy) is 4. The molecule has 2 aromatic carbocycles. The van der Waals surface area contributed by atoms with Gasteiger partial charge in [-0.25, -0.2) is 4.79 Å². The van der Waals surface area contributed by atoms with E-state index in [9.17, 15) is 9.59 Å². The van der Waals surface area contributed by atoms with Crippen molar-refractivity contribution in [2.45, 2.75) is 0 Å². The molecule has 1 heterocycles. The highest BCUT2D eigenvalue weighted by atomic mass is 16.6. The van der Waals surface area contributed by atoms with Crippen molar-refractivity contribution in [1.82, 2.24) is 0 Å². The molecule has 0 aromatic heterocycles. The summed E-state index contributed by atoms with van der Waals surface area (Å²) in [6, 6.07) is 10.2. The van der Waals surface area contributed by atoms with E-state index < -0.39 is 5.97 Å². The van der Waals surface area contributed by atoms with Crippen LogP contribution in [0.2, 0.25) is 0 Å². The average molecular weight is 369 g/mol. The van der Waals surface area contributed by atoms with Gasteiger partial charge in [-0.3, -0.25) is 4.79 Å². The summed E-state index contributed by atoms with van der Waals surface area (Å²) >= 11 is 0. The molecule has 7 heteroatoms. The summed E-state index contributed by atoms with van der Waals surface area (Å²) in [4.78, 5) is 24.2. The highest BCUT2D eigenvalue weighted by Crippen LogP contribution is 2.31. The van der Waals surface area contributed by atoms with E-state index in [0.717, 1.165) is 5.56 Å². The van der Waals surface area contributed by atoms with Gasteiger partial charge in [-0.2, -0.15) is 0 Å². The van der Waals surface area contributed by atoms with Gasteiger partial charge in [0.25, 0.3) is 0 Å². The first-order valence-electron chi connectivity index (χ1n) is 8.26. The number of nitrogens with one attached hydrogen (secondary N) is 1. The van der Waals surface area contributed by atoms with Gasteiger partial charge in [0.2, 0.25) is 5.91 Å². The van der Waals surface area contributed by atoms with Gasteiger partial charge in [0, 0.05) is 6.08 Å². The van der Waals surface area contributed by atoms with E-state index in [-0.39, 0.29) is 11.5 Å². The lowest BCUT2D eigenvalue weighted by molar-refractivity contribution is -0.111. The van der Waals surface area contributed by atoms with Crippen LogP contribution in [-0.2, 0) is 9.53 Å².